The van der Waals surface area contributed by atoms with E-state index in [2.05, 4.69) is 10.6 Å². The van der Waals surface area contributed by atoms with Crippen molar-refractivity contribution in [2.75, 3.05) is 0 Å². The minimum absolute atomic E-state index is 0.265. The van der Waals surface area contributed by atoms with Gasteiger partial charge in [0.25, 0.3) is 0 Å². The number of nitrogens with one attached hydrogen (secondary N) is 2. The smallest absolute Gasteiger partial charge is 0.328 e. The molecule has 0 radical (unpaired) electrons. The highest BCUT2D eigenvalue weighted by molar-refractivity contribution is 5.92. The molecule has 2 amide bonds. The van der Waals surface area contributed by atoms with Crippen molar-refractivity contribution >= 4 is 17.8 Å². The molecule has 0 spiro atoms. The summed E-state index contributed by atoms with van der Waals surface area (Å²) in [6.07, 6.45) is 0. The van der Waals surface area contributed by atoms with Gasteiger partial charge in [0.2, 0.25) is 11.8 Å². The first-order chi connectivity index (χ1) is 7.88. The molecule has 6 nitrogen and oxygen atoms in total. The van der Waals surface area contributed by atoms with Crippen molar-refractivity contribution in [3.05, 3.63) is 0 Å². The molecule has 0 rings (SSSR count). The Balaban J connectivity index is 4.55. The monoisotopic (exact) mass is 258 g/mol. The van der Waals surface area contributed by atoms with E-state index in [-0.39, 0.29) is 5.91 Å². The summed E-state index contributed by atoms with van der Waals surface area (Å²) in [5, 5.41) is 13.8. The van der Waals surface area contributed by atoms with Crippen LogP contribution in [0.3, 0.4) is 0 Å². The summed E-state index contributed by atoms with van der Waals surface area (Å²) in [6.45, 7) is 9.46. The Kier molecular flexibility index (Phi) is 4.90. The molecule has 0 aliphatic carbocycles. The quantitative estimate of drug-likeness (QED) is 0.685. The van der Waals surface area contributed by atoms with E-state index in [1.54, 1.807) is 20.8 Å². The van der Waals surface area contributed by atoms with Gasteiger partial charge in [0.1, 0.15) is 11.6 Å². The third-order valence-electron chi connectivity index (χ3n) is 2.39. The Hall–Kier alpha value is -1.59. The molecule has 0 aromatic carbocycles. The van der Waals surface area contributed by atoms with Crippen LogP contribution in [-0.4, -0.2) is 34.5 Å². The largest absolute Gasteiger partial charge is 0.480 e. The number of carboxylic acids is 1. The maximum atomic E-state index is 11.7. The zero-order valence-corrected chi connectivity index (χ0v) is 11.7. The SMILES string of the molecule is CC(NC(=O)C(C)(C)C)C(=O)NC(C)(C)C(=O)O. The zero-order chi connectivity index (χ0) is 14.7. The molecule has 0 aromatic rings. The Morgan fingerprint density at radius 2 is 1.50 bits per heavy atom. The topological polar surface area (TPSA) is 95.5 Å². The standard InChI is InChI=1S/C12H22N2O4/c1-7(13-9(16)11(2,3)4)8(15)14-12(5,6)10(17)18/h7H,1-6H3,(H,13,16)(H,14,15)(H,17,18). The minimum atomic E-state index is -1.36. The van der Waals surface area contributed by atoms with Crippen LogP contribution in [0.15, 0.2) is 0 Å². The molecule has 0 aliphatic rings. The minimum Gasteiger partial charge on any atom is -0.480 e. The van der Waals surface area contributed by atoms with Crippen molar-refractivity contribution in [2.45, 2.75) is 53.1 Å². The van der Waals surface area contributed by atoms with Crippen molar-refractivity contribution < 1.29 is 19.5 Å². The average Bonchev–Trinajstić information content (AvgIpc) is 2.14. The summed E-state index contributed by atoms with van der Waals surface area (Å²) >= 11 is 0. The van der Waals surface area contributed by atoms with Gasteiger partial charge in [-0.15, -0.1) is 0 Å². The van der Waals surface area contributed by atoms with Crippen LogP contribution in [0, 0.1) is 5.41 Å². The van der Waals surface area contributed by atoms with Gasteiger partial charge in [-0.3, -0.25) is 9.59 Å². The lowest BCUT2D eigenvalue weighted by atomic mass is 9.95. The molecule has 0 heterocycles. The van der Waals surface area contributed by atoms with Crippen LogP contribution in [-0.2, 0) is 14.4 Å². The number of carbonyl (C=O) groups excluding carboxylic acids is 2. The summed E-state index contributed by atoms with van der Waals surface area (Å²) in [7, 11) is 0. The highest BCUT2D eigenvalue weighted by Gasteiger charge is 2.32. The number of hydrogen-bond acceptors (Lipinski definition) is 3. The second-order valence-electron chi connectivity index (χ2n) is 5.86. The van der Waals surface area contributed by atoms with Crippen molar-refractivity contribution in [3.63, 3.8) is 0 Å². The number of amides is 2. The fourth-order valence-corrected chi connectivity index (χ4v) is 0.948. The van der Waals surface area contributed by atoms with Gasteiger partial charge in [-0.1, -0.05) is 20.8 Å². The van der Waals surface area contributed by atoms with Crippen LogP contribution in [0.4, 0.5) is 0 Å². The molecule has 0 bridgehead atoms. The molecule has 0 aliphatic heterocycles. The third-order valence-corrected chi connectivity index (χ3v) is 2.39. The van der Waals surface area contributed by atoms with Crippen molar-refractivity contribution in [2.24, 2.45) is 5.41 Å². The summed E-state index contributed by atoms with van der Waals surface area (Å²) in [6, 6.07) is -0.782. The van der Waals surface area contributed by atoms with Crippen LogP contribution in [0.5, 0.6) is 0 Å². The van der Waals surface area contributed by atoms with Crippen LogP contribution >= 0.6 is 0 Å². The molecule has 1 atom stereocenters. The Labute approximate surface area is 107 Å². The van der Waals surface area contributed by atoms with E-state index in [1.165, 1.54) is 20.8 Å². The number of carbonyl (C=O) groups is 3. The van der Waals surface area contributed by atoms with Crippen LogP contribution in [0.2, 0.25) is 0 Å². The first-order valence-electron chi connectivity index (χ1n) is 5.74. The second-order valence-corrected chi connectivity index (χ2v) is 5.86. The highest BCUT2D eigenvalue weighted by Crippen LogP contribution is 2.13. The van der Waals surface area contributed by atoms with Gasteiger partial charge in [-0.2, -0.15) is 0 Å². The fourth-order valence-electron chi connectivity index (χ4n) is 0.948. The highest BCUT2D eigenvalue weighted by atomic mass is 16.4. The molecule has 3 N–H and O–H groups in total. The summed E-state index contributed by atoms with van der Waals surface area (Å²) in [4.78, 5) is 34.3. The summed E-state index contributed by atoms with van der Waals surface area (Å²) in [5.41, 5.74) is -1.96. The lowest BCUT2D eigenvalue weighted by Crippen LogP contribution is -2.56. The molecule has 104 valence electrons. The van der Waals surface area contributed by atoms with E-state index in [9.17, 15) is 14.4 Å². The molecular weight excluding hydrogens is 236 g/mol. The average molecular weight is 258 g/mol. The van der Waals surface area contributed by atoms with Crippen molar-refractivity contribution in [1.82, 2.24) is 10.6 Å². The van der Waals surface area contributed by atoms with Crippen molar-refractivity contribution in [3.8, 4) is 0 Å². The van der Waals surface area contributed by atoms with E-state index in [0.717, 1.165) is 0 Å². The van der Waals surface area contributed by atoms with E-state index >= 15 is 0 Å². The number of hydrogen-bond donors (Lipinski definition) is 3. The van der Waals surface area contributed by atoms with Crippen LogP contribution in [0.25, 0.3) is 0 Å². The van der Waals surface area contributed by atoms with Gasteiger partial charge in [0, 0.05) is 5.41 Å². The predicted octanol–water partition coefficient (Wildman–Crippen LogP) is 0.517. The molecule has 0 saturated heterocycles. The first kappa shape index (κ1) is 16.4. The number of aliphatic carboxylic acids is 1. The maximum Gasteiger partial charge on any atom is 0.328 e. The van der Waals surface area contributed by atoms with E-state index in [0.29, 0.717) is 0 Å². The van der Waals surface area contributed by atoms with E-state index < -0.39 is 28.9 Å². The fraction of sp³-hybridized carbons (Fsp3) is 0.750. The van der Waals surface area contributed by atoms with Gasteiger partial charge >= 0.3 is 5.97 Å². The Bertz CT molecular complexity index is 356. The molecular formula is C12H22N2O4. The van der Waals surface area contributed by atoms with Gasteiger partial charge < -0.3 is 15.7 Å². The molecule has 1 unspecified atom stereocenters. The lowest BCUT2D eigenvalue weighted by Gasteiger charge is -2.25. The summed E-state index contributed by atoms with van der Waals surface area (Å²) < 4.78 is 0. The third kappa shape index (κ3) is 4.73. The van der Waals surface area contributed by atoms with E-state index in [4.69, 9.17) is 5.11 Å². The van der Waals surface area contributed by atoms with Gasteiger partial charge in [-0.25, -0.2) is 4.79 Å². The van der Waals surface area contributed by atoms with Gasteiger partial charge in [0.15, 0.2) is 0 Å². The molecule has 6 heteroatoms. The molecule has 18 heavy (non-hydrogen) atoms. The Morgan fingerprint density at radius 1 is 1.06 bits per heavy atom. The molecule has 0 aromatic heterocycles. The summed E-state index contributed by atoms with van der Waals surface area (Å²) in [5.74, 6) is -1.93. The van der Waals surface area contributed by atoms with E-state index in [1.807, 2.05) is 0 Å². The van der Waals surface area contributed by atoms with Crippen LogP contribution < -0.4 is 10.6 Å². The molecule has 0 fully saturated rings. The van der Waals surface area contributed by atoms with Gasteiger partial charge in [0.05, 0.1) is 0 Å². The molecule has 0 saturated carbocycles. The number of carboxylic acid groups (broad SMARTS) is 1. The lowest BCUT2D eigenvalue weighted by molar-refractivity contribution is -0.146. The normalized spacial score (nSPS) is 13.7. The second kappa shape index (κ2) is 5.37. The predicted molar refractivity (Wildman–Crippen MR) is 66.9 cm³/mol. The van der Waals surface area contributed by atoms with Gasteiger partial charge in [-0.05, 0) is 20.8 Å². The van der Waals surface area contributed by atoms with Crippen molar-refractivity contribution in [1.29, 1.82) is 0 Å². The first-order valence-corrected chi connectivity index (χ1v) is 5.74. The Morgan fingerprint density at radius 3 is 1.83 bits per heavy atom. The number of rotatable bonds is 4. The zero-order valence-electron chi connectivity index (χ0n) is 11.7. The maximum absolute atomic E-state index is 11.7. The van der Waals surface area contributed by atoms with Crippen LogP contribution in [0.1, 0.15) is 41.5 Å².